The predicted molar refractivity (Wildman–Crippen MR) is 75.3 cm³/mol. The molecule has 0 aromatic heterocycles. The van der Waals surface area contributed by atoms with Crippen LogP contribution in [0.5, 0.6) is 0 Å². The molecule has 0 aromatic carbocycles. The summed E-state index contributed by atoms with van der Waals surface area (Å²) in [6.45, 7) is 2.27. The lowest BCUT2D eigenvalue weighted by molar-refractivity contribution is 0.430. The Balaban J connectivity index is 2.94. The quantitative estimate of drug-likeness (QED) is 0.342. The predicted octanol–water partition coefficient (Wildman–Crippen LogP) is 5.46. The molecule has 0 aliphatic carbocycles. The van der Waals surface area contributed by atoms with Crippen molar-refractivity contribution in [3.05, 3.63) is 7.11 Å². The molecular formula is C16H29O. The fourth-order valence-corrected chi connectivity index (χ4v) is 1.98. The number of rotatable bonds is 11. The lowest BCUT2D eigenvalue weighted by Crippen LogP contribution is -1.82. The summed E-state index contributed by atoms with van der Waals surface area (Å²) in [6.07, 6.45) is 18.7. The van der Waals surface area contributed by atoms with E-state index >= 15 is 0 Å². The van der Waals surface area contributed by atoms with Gasteiger partial charge in [-0.3, -0.25) is 0 Å². The summed E-state index contributed by atoms with van der Waals surface area (Å²) in [7, 11) is 3.21. The van der Waals surface area contributed by atoms with Crippen molar-refractivity contribution in [2.24, 2.45) is 0 Å². The van der Waals surface area contributed by atoms with E-state index in [2.05, 4.69) is 30.8 Å². The summed E-state index contributed by atoms with van der Waals surface area (Å²) in [6, 6.07) is 0. The average molecular weight is 237 g/mol. The molecule has 1 radical (unpaired) electrons. The summed E-state index contributed by atoms with van der Waals surface area (Å²) in [5.74, 6) is 2.93. The maximum absolute atomic E-state index is 4.43. The number of hydrogen-bond acceptors (Lipinski definition) is 1. The van der Waals surface area contributed by atoms with Crippen LogP contribution in [0.3, 0.4) is 0 Å². The van der Waals surface area contributed by atoms with Crippen molar-refractivity contribution in [3.8, 4) is 12.0 Å². The Hall–Kier alpha value is -0.640. The molecule has 1 heteroatoms. The molecule has 0 rings (SSSR count). The van der Waals surface area contributed by atoms with Gasteiger partial charge in [0.15, 0.2) is 0 Å². The Kier molecular flexibility index (Phi) is 14.8. The van der Waals surface area contributed by atoms with Crippen LogP contribution in [-0.4, -0.2) is 0 Å². The fourth-order valence-electron chi connectivity index (χ4n) is 1.98. The highest BCUT2D eigenvalue weighted by molar-refractivity contribution is 4.90. The Morgan fingerprint density at radius 1 is 0.765 bits per heavy atom. The maximum atomic E-state index is 4.43. The molecule has 0 saturated heterocycles. The lowest BCUT2D eigenvalue weighted by atomic mass is 10.1. The van der Waals surface area contributed by atoms with Crippen molar-refractivity contribution in [2.75, 3.05) is 0 Å². The topological polar surface area (TPSA) is 9.23 Å². The second kappa shape index (κ2) is 15.4. The summed E-state index contributed by atoms with van der Waals surface area (Å²) in [5.41, 5.74) is 0. The van der Waals surface area contributed by atoms with Gasteiger partial charge >= 0.3 is 0 Å². The van der Waals surface area contributed by atoms with Crippen LogP contribution >= 0.6 is 0 Å². The van der Waals surface area contributed by atoms with E-state index in [9.17, 15) is 0 Å². The van der Waals surface area contributed by atoms with Crippen LogP contribution < -0.4 is 0 Å². The van der Waals surface area contributed by atoms with Crippen molar-refractivity contribution >= 4 is 0 Å². The SMILES string of the molecule is [CH2]OC#CCCCCCCCCCCCCC. The van der Waals surface area contributed by atoms with Gasteiger partial charge < -0.3 is 4.74 Å². The first-order chi connectivity index (χ1) is 8.41. The maximum Gasteiger partial charge on any atom is 0.135 e. The van der Waals surface area contributed by atoms with E-state index in [1.54, 1.807) is 0 Å². The number of unbranched alkanes of at least 4 members (excludes halogenated alkanes) is 11. The number of hydrogen-bond donors (Lipinski definition) is 0. The van der Waals surface area contributed by atoms with Gasteiger partial charge in [-0.2, -0.15) is 0 Å². The summed E-state index contributed by atoms with van der Waals surface area (Å²) in [5, 5.41) is 0. The zero-order valence-corrected chi connectivity index (χ0v) is 11.6. The van der Waals surface area contributed by atoms with Gasteiger partial charge in [0.2, 0.25) is 0 Å². The zero-order valence-electron chi connectivity index (χ0n) is 11.6. The van der Waals surface area contributed by atoms with Gasteiger partial charge in [-0.1, -0.05) is 77.1 Å². The molecule has 0 bridgehead atoms. The van der Waals surface area contributed by atoms with Gasteiger partial charge in [0.05, 0.1) is 0 Å². The summed E-state index contributed by atoms with van der Waals surface area (Å²) < 4.78 is 4.43. The van der Waals surface area contributed by atoms with Gasteiger partial charge in [-0.15, -0.1) is 0 Å². The lowest BCUT2D eigenvalue weighted by Gasteiger charge is -2.01. The largest absolute Gasteiger partial charge is 0.443 e. The van der Waals surface area contributed by atoms with E-state index in [0.29, 0.717) is 0 Å². The first-order valence-corrected chi connectivity index (χ1v) is 7.30. The van der Waals surface area contributed by atoms with Crippen molar-refractivity contribution in [3.63, 3.8) is 0 Å². The van der Waals surface area contributed by atoms with E-state index < -0.39 is 0 Å². The van der Waals surface area contributed by atoms with E-state index in [1.165, 1.54) is 70.6 Å². The van der Waals surface area contributed by atoms with E-state index in [1.807, 2.05) is 0 Å². The number of ether oxygens (including phenoxy) is 1. The van der Waals surface area contributed by atoms with Gasteiger partial charge in [0, 0.05) is 6.42 Å². The van der Waals surface area contributed by atoms with Crippen molar-refractivity contribution in [1.29, 1.82) is 0 Å². The van der Waals surface area contributed by atoms with Crippen molar-refractivity contribution in [2.45, 2.75) is 84.0 Å². The van der Waals surface area contributed by atoms with Crippen molar-refractivity contribution < 1.29 is 4.74 Å². The first kappa shape index (κ1) is 16.4. The average Bonchev–Trinajstić information content (AvgIpc) is 2.35. The van der Waals surface area contributed by atoms with Crippen LogP contribution in [0, 0.1) is 19.1 Å². The summed E-state index contributed by atoms with van der Waals surface area (Å²) >= 11 is 0. The van der Waals surface area contributed by atoms with Crippen LogP contribution in [0.4, 0.5) is 0 Å². The van der Waals surface area contributed by atoms with E-state index in [-0.39, 0.29) is 0 Å². The third kappa shape index (κ3) is 15.4. The second-order valence-corrected chi connectivity index (χ2v) is 4.71. The van der Waals surface area contributed by atoms with Crippen LogP contribution in [0.15, 0.2) is 0 Å². The van der Waals surface area contributed by atoms with Crippen LogP contribution in [0.2, 0.25) is 0 Å². The molecule has 0 spiro atoms. The molecule has 0 aliphatic rings. The summed E-state index contributed by atoms with van der Waals surface area (Å²) in [4.78, 5) is 0. The molecule has 0 atom stereocenters. The zero-order chi connectivity index (χ0) is 12.6. The highest BCUT2D eigenvalue weighted by Gasteiger charge is 1.92. The second-order valence-electron chi connectivity index (χ2n) is 4.71. The van der Waals surface area contributed by atoms with E-state index in [4.69, 9.17) is 0 Å². The smallest absolute Gasteiger partial charge is 0.135 e. The standard InChI is InChI=1S/C16H29O/c1-3-4-5-6-7-8-9-10-11-12-13-14-15-16-17-2/h2-14H2,1H3. The Bertz CT molecular complexity index is 187. The molecule has 0 aliphatic heterocycles. The Morgan fingerprint density at radius 2 is 1.24 bits per heavy atom. The molecular weight excluding hydrogens is 208 g/mol. The molecule has 0 saturated carbocycles. The molecule has 0 unspecified atom stereocenters. The van der Waals surface area contributed by atoms with Crippen LogP contribution in [-0.2, 0) is 4.74 Å². The molecule has 0 N–H and O–H groups in total. The molecule has 0 aromatic rings. The third-order valence-corrected chi connectivity index (χ3v) is 3.05. The third-order valence-electron chi connectivity index (χ3n) is 3.05. The molecule has 0 amide bonds. The molecule has 17 heavy (non-hydrogen) atoms. The van der Waals surface area contributed by atoms with Gasteiger partial charge in [-0.25, -0.2) is 0 Å². The Labute approximate surface area is 108 Å². The van der Waals surface area contributed by atoms with Crippen LogP contribution in [0.1, 0.15) is 84.0 Å². The minimum Gasteiger partial charge on any atom is -0.443 e. The monoisotopic (exact) mass is 237 g/mol. The van der Waals surface area contributed by atoms with Gasteiger partial charge in [0.1, 0.15) is 13.2 Å². The van der Waals surface area contributed by atoms with Gasteiger partial charge in [0.25, 0.3) is 0 Å². The molecule has 0 heterocycles. The Morgan fingerprint density at radius 3 is 1.71 bits per heavy atom. The highest BCUT2D eigenvalue weighted by atomic mass is 16.5. The highest BCUT2D eigenvalue weighted by Crippen LogP contribution is 2.11. The van der Waals surface area contributed by atoms with Crippen molar-refractivity contribution in [1.82, 2.24) is 0 Å². The van der Waals surface area contributed by atoms with Crippen LogP contribution in [0.25, 0.3) is 0 Å². The first-order valence-electron chi connectivity index (χ1n) is 7.30. The fraction of sp³-hybridized carbons (Fsp3) is 0.812. The minimum absolute atomic E-state index is 0.951. The molecule has 99 valence electrons. The molecule has 1 nitrogen and oxygen atoms in total. The minimum atomic E-state index is 0.951. The van der Waals surface area contributed by atoms with E-state index in [0.717, 1.165) is 6.42 Å². The normalized spacial score (nSPS) is 9.76. The molecule has 0 fully saturated rings. The van der Waals surface area contributed by atoms with Gasteiger partial charge in [-0.05, 0) is 6.42 Å².